The van der Waals surface area contributed by atoms with E-state index in [-0.39, 0.29) is 12.0 Å². The van der Waals surface area contributed by atoms with Crippen molar-refractivity contribution in [2.75, 3.05) is 19.6 Å². The molecule has 1 amide bonds. The van der Waals surface area contributed by atoms with Gasteiger partial charge in [-0.15, -0.1) is 0 Å². The number of carbonyl (C=O) groups excluding carboxylic acids is 1. The first-order valence-corrected chi connectivity index (χ1v) is 7.76. The van der Waals surface area contributed by atoms with Crippen molar-refractivity contribution in [2.45, 2.75) is 32.0 Å². The number of amides is 1. The summed E-state index contributed by atoms with van der Waals surface area (Å²) in [6.07, 6.45) is 1.67. The number of morpholine rings is 1. The van der Waals surface area contributed by atoms with Crippen LogP contribution in [0.1, 0.15) is 18.9 Å². The third-order valence-corrected chi connectivity index (χ3v) is 4.31. The molecule has 0 unspecified atom stereocenters. The predicted octanol–water partition coefficient (Wildman–Crippen LogP) is 1.96. The first kappa shape index (κ1) is 15.5. The maximum Gasteiger partial charge on any atom is 0.247 e. The van der Waals surface area contributed by atoms with Crippen LogP contribution in [0.5, 0.6) is 0 Å². The molecule has 0 aliphatic carbocycles. The fraction of sp³-hybridized carbons (Fsp3) is 0.533. The van der Waals surface area contributed by atoms with Gasteiger partial charge in [0.15, 0.2) is 0 Å². The van der Waals surface area contributed by atoms with Crippen LogP contribution in [0, 0.1) is 0 Å². The molecule has 0 radical (unpaired) electrons. The highest BCUT2D eigenvalue weighted by Crippen LogP contribution is 2.18. The Morgan fingerprint density at radius 1 is 1.45 bits per heavy atom. The maximum atomic E-state index is 11.2. The molecule has 1 fully saturated rings. The molecular formula is C15H21BrN2O2. The van der Waals surface area contributed by atoms with E-state index in [4.69, 9.17) is 10.5 Å². The Morgan fingerprint density at radius 3 is 2.90 bits per heavy atom. The summed E-state index contributed by atoms with van der Waals surface area (Å²) in [5, 5.41) is 0. The number of primary amides is 1. The molecule has 2 N–H and O–H groups in total. The Kier molecular flexibility index (Phi) is 5.57. The number of halogens is 1. The largest absolute Gasteiger partial charge is 0.367 e. The normalized spacial score (nSPS) is 23.7. The highest BCUT2D eigenvalue weighted by Gasteiger charge is 2.28. The molecular weight excluding hydrogens is 320 g/mol. The van der Waals surface area contributed by atoms with E-state index >= 15 is 0 Å². The second-order valence-electron chi connectivity index (χ2n) is 5.29. The van der Waals surface area contributed by atoms with E-state index in [2.05, 4.69) is 39.0 Å². The Balaban J connectivity index is 1.81. The van der Waals surface area contributed by atoms with Crippen molar-refractivity contribution in [2.24, 2.45) is 5.73 Å². The van der Waals surface area contributed by atoms with Crippen LogP contribution in [0.4, 0.5) is 0 Å². The van der Waals surface area contributed by atoms with E-state index in [1.165, 1.54) is 5.56 Å². The van der Waals surface area contributed by atoms with Gasteiger partial charge >= 0.3 is 0 Å². The predicted molar refractivity (Wildman–Crippen MR) is 82.4 cm³/mol. The van der Waals surface area contributed by atoms with Crippen LogP contribution in [-0.4, -0.2) is 42.6 Å². The van der Waals surface area contributed by atoms with Crippen molar-refractivity contribution < 1.29 is 9.53 Å². The third kappa shape index (κ3) is 4.30. The number of hydrogen-bond donors (Lipinski definition) is 1. The van der Waals surface area contributed by atoms with Crippen LogP contribution < -0.4 is 5.73 Å². The molecule has 2 rings (SSSR count). The third-order valence-electron chi connectivity index (χ3n) is 3.53. The van der Waals surface area contributed by atoms with E-state index in [0.717, 1.165) is 30.4 Å². The number of carbonyl (C=O) groups is 1. The lowest BCUT2D eigenvalue weighted by Gasteiger charge is -2.35. The molecule has 5 heteroatoms. The molecule has 1 saturated heterocycles. The van der Waals surface area contributed by atoms with Gasteiger partial charge in [0.2, 0.25) is 5.91 Å². The summed E-state index contributed by atoms with van der Waals surface area (Å²) < 4.78 is 6.70. The monoisotopic (exact) mass is 340 g/mol. The van der Waals surface area contributed by atoms with Gasteiger partial charge in [0.05, 0.1) is 6.10 Å². The Bertz CT molecular complexity index is 467. The topological polar surface area (TPSA) is 55.6 Å². The first-order valence-electron chi connectivity index (χ1n) is 6.97. The van der Waals surface area contributed by atoms with Gasteiger partial charge in [-0.05, 0) is 37.9 Å². The summed E-state index contributed by atoms with van der Waals surface area (Å²) in [7, 11) is 0. The lowest BCUT2D eigenvalue weighted by atomic mass is 10.1. The molecule has 0 aromatic heterocycles. The fourth-order valence-corrected chi connectivity index (χ4v) is 3.06. The van der Waals surface area contributed by atoms with Crippen LogP contribution in [-0.2, 0) is 16.0 Å². The molecule has 20 heavy (non-hydrogen) atoms. The van der Waals surface area contributed by atoms with Crippen molar-refractivity contribution >= 4 is 21.8 Å². The molecule has 1 aromatic rings. The number of nitrogens with zero attached hydrogens (tertiary/aromatic N) is 1. The summed E-state index contributed by atoms with van der Waals surface area (Å²) in [5.74, 6) is -0.368. The van der Waals surface area contributed by atoms with Gasteiger partial charge in [0.1, 0.15) is 6.10 Å². The molecule has 4 nitrogen and oxygen atoms in total. The fourth-order valence-electron chi connectivity index (χ4n) is 2.57. The number of benzene rings is 1. The molecule has 0 bridgehead atoms. The average Bonchev–Trinajstić information content (AvgIpc) is 2.40. The molecule has 1 aliphatic heterocycles. The number of nitrogens with two attached hydrogens (primary N) is 1. The smallest absolute Gasteiger partial charge is 0.247 e. The van der Waals surface area contributed by atoms with Gasteiger partial charge in [0.25, 0.3) is 0 Å². The zero-order valence-corrected chi connectivity index (χ0v) is 13.3. The summed E-state index contributed by atoms with van der Waals surface area (Å²) in [4.78, 5) is 13.5. The second-order valence-corrected chi connectivity index (χ2v) is 6.15. The van der Waals surface area contributed by atoms with Gasteiger partial charge in [-0.3, -0.25) is 9.69 Å². The Hall–Kier alpha value is -0.910. The molecule has 1 heterocycles. The minimum absolute atomic E-state index is 0.0599. The molecule has 110 valence electrons. The molecule has 1 aliphatic rings. The van der Waals surface area contributed by atoms with E-state index in [0.29, 0.717) is 6.54 Å². The van der Waals surface area contributed by atoms with Gasteiger partial charge in [-0.2, -0.15) is 0 Å². The van der Waals surface area contributed by atoms with Crippen molar-refractivity contribution in [3.8, 4) is 0 Å². The van der Waals surface area contributed by atoms with Crippen molar-refractivity contribution in [3.63, 3.8) is 0 Å². The standard InChI is InChI=1S/C15H21BrN2O2/c1-11-9-18(10-14(20-11)15(17)19)8-4-6-12-5-2-3-7-13(12)16/h2-3,5,7,11,14H,4,6,8-10H2,1H3,(H2,17,19)/t11-,14+/m1/s1. The van der Waals surface area contributed by atoms with Crippen molar-refractivity contribution in [1.82, 2.24) is 4.90 Å². The van der Waals surface area contributed by atoms with E-state index in [1.54, 1.807) is 0 Å². The van der Waals surface area contributed by atoms with E-state index in [1.807, 2.05) is 13.0 Å². The van der Waals surface area contributed by atoms with Crippen molar-refractivity contribution in [1.29, 1.82) is 0 Å². The molecule has 0 saturated carbocycles. The quantitative estimate of drug-likeness (QED) is 0.891. The highest BCUT2D eigenvalue weighted by molar-refractivity contribution is 9.10. The summed E-state index contributed by atoms with van der Waals surface area (Å²) >= 11 is 3.57. The minimum atomic E-state index is -0.470. The highest BCUT2D eigenvalue weighted by atomic mass is 79.9. The minimum Gasteiger partial charge on any atom is -0.367 e. The van der Waals surface area contributed by atoms with E-state index in [9.17, 15) is 4.79 Å². The van der Waals surface area contributed by atoms with Crippen LogP contribution in [0.15, 0.2) is 28.7 Å². The van der Waals surface area contributed by atoms with Crippen LogP contribution >= 0.6 is 15.9 Å². The molecule has 2 atom stereocenters. The van der Waals surface area contributed by atoms with Crippen LogP contribution in [0.3, 0.4) is 0 Å². The van der Waals surface area contributed by atoms with Gasteiger partial charge in [-0.1, -0.05) is 34.1 Å². The maximum absolute atomic E-state index is 11.2. The summed E-state index contributed by atoms with van der Waals surface area (Å²) in [6.45, 7) is 4.41. The zero-order chi connectivity index (χ0) is 14.5. The van der Waals surface area contributed by atoms with Crippen LogP contribution in [0.2, 0.25) is 0 Å². The molecule has 1 aromatic carbocycles. The SMILES string of the molecule is C[C@@H]1CN(CCCc2ccccc2Br)C[C@@H](C(N)=O)O1. The number of hydrogen-bond acceptors (Lipinski definition) is 3. The lowest BCUT2D eigenvalue weighted by Crippen LogP contribution is -2.51. The Morgan fingerprint density at radius 2 is 2.20 bits per heavy atom. The Labute approximate surface area is 128 Å². The number of rotatable bonds is 5. The first-order chi connectivity index (χ1) is 9.56. The average molecular weight is 341 g/mol. The van der Waals surface area contributed by atoms with Crippen LogP contribution in [0.25, 0.3) is 0 Å². The summed E-state index contributed by atoms with van der Waals surface area (Å²) in [5.41, 5.74) is 6.65. The number of ether oxygens (including phenoxy) is 1. The van der Waals surface area contributed by atoms with Gasteiger partial charge in [-0.25, -0.2) is 0 Å². The zero-order valence-electron chi connectivity index (χ0n) is 11.7. The number of aryl methyl sites for hydroxylation is 1. The lowest BCUT2D eigenvalue weighted by molar-refractivity contribution is -0.142. The van der Waals surface area contributed by atoms with E-state index < -0.39 is 6.10 Å². The second kappa shape index (κ2) is 7.20. The van der Waals surface area contributed by atoms with Gasteiger partial charge < -0.3 is 10.5 Å². The summed E-state index contributed by atoms with van der Waals surface area (Å²) in [6, 6.07) is 8.28. The van der Waals surface area contributed by atoms with Crippen molar-refractivity contribution in [3.05, 3.63) is 34.3 Å². The molecule has 0 spiro atoms. The van der Waals surface area contributed by atoms with Gasteiger partial charge in [0, 0.05) is 17.6 Å².